The third-order valence-electron chi connectivity index (χ3n) is 4.25. The van der Waals surface area contributed by atoms with Crippen LogP contribution in [0.3, 0.4) is 0 Å². The molecule has 3 aromatic rings. The molecule has 0 fully saturated rings. The van der Waals surface area contributed by atoms with E-state index in [1.54, 1.807) is 18.3 Å². The van der Waals surface area contributed by atoms with Crippen LogP contribution in [-0.4, -0.2) is 33.7 Å². The number of hydrogen-bond donors (Lipinski definition) is 1. The number of carbonyl (C=O) groups excluding carboxylic acids is 2. The smallest absolute Gasteiger partial charge is 0.317 e. The summed E-state index contributed by atoms with van der Waals surface area (Å²) in [5, 5.41) is 4.47. The van der Waals surface area contributed by atoms with Gasteiger partial charge in [0.05, 0.1) is 5.75 Å². The quantitative estimate of drug-likeness (QED) is 0.368. The summed E-state index contributed by atoms with van der Waals surface area (Å²) in [5.74, 6) is -0.758. The van der Waals surface area contributed by atoms with Gasteiger partial charge < -0.3 is 10.1 Å². The monoisotopic (exact) mass is 415 g/mol. The Labute approximate surface area is 171 Å². The molecule has 8 heteroatoms. The van der Waals surface area contributed by atoms with Crippen LogP contribution < -0.4 is 5.32 Å². The van der Waals surface area contributed by atoms with Gasteiger partial charge in [-0.3, -0.25) is 9.59 Å². The number of fused-ring (bicyclic) bond motifs is 1. The molecule has 0 aliphatic carbocycles. The van der Waals surface area contributed by atoms with Gasteiger partial charge in [-0.05, 0) is 45.4 Å². The molecule has 0 aliphatic rings. The number of anilines is 1. The molecule has 1 N–H and O–H groups in total. The van der Waals surface area contributed by atoms with Crippen LogP contribution in [-0.2, 0) is 14.3 Å². The fourth-order valence-corrected chi connectivity index (χ4v) is 4.45. The minimum atomic E-state index is -0.884. The van der Waals surface area contributed by atoms with E-state index >= 15 is 0 Å². The Balaban J connectivity index is 1.57. The number of aryl methyl sites for hydroxylation is 3. The molecule has 3 rings (SSSR count). The number of aromatic nitrogens is 2. The van der Waals surface area contributed by atoms with Gasteiger partial charge in [0, 0.05) is 16.0 Å². The number of ether oxygens (including phenoxy) is 1. The van der Waals surface area contributed by atoms with Gasteiger partial charge in [-0.2, -0.15) is 0 Å². The lowest BCUT2D eigenvalue weighted by atomic mass is 10.2. The molecule has 0 bridgehead atoms. The number of nitrogens with zero attached hydrogens (tertiary/aromatic N) is 2. The summed E-state index contributed by atoms with van der Waals surface area (Å²) in [6.45, 7) is 7.59. The van der Waals surface area contributed by atoms with Crippen LogP contribution in [0.5, 0.6) is 0 Å². The Morgan fingerprint density at radius 2 is 1.89 bits per heavy atom. The van der Waals surface area contributed by atoms with E-state index in [4.69, 9.17) is 4.74 Å². The van der Waals surface area contributed by atoms with Crippen LogP contribution in [0, 0.1) is 20.8 Å². The Bertz CT molecular complexity index is 1020. The van der Waals surface area contributed by atoms with Crippen LogP contribution in [0.1, 0.15) is 22.9 Å². The maximum atomic E-state index is 12.2. The van der Waals surface area contributed by atoms with Gasteiger partial charge in [0.2, 0.25) is 0 Å². The van der Waals surface area contributed by atoms with Crippen molar-refractivity contribution in [2.24, 2.45) is 0 Å². The first-order valence-electron chi connectivity index (χ1n) is 8.75. The fourth-order valence-electron chi connectivity index (χ4n) is 2.55. The van der Waals surface area contributed by atoms with Crippen LogP contribution >= 0.6 is 23.1 Å². The highest BCUT2D eigenvalue weighted by Gasteiger charge is 2.19. The standard InChI is InChI=1S/C20H21N3O3S2/c1-11-5-7-15(8-6-11)23-18(25)13(3)26-16(24)9-27-19-17-12(2)14(4)28-20(17)22-10-21-19/h5-8,10,13H,9H2,1-4H3,(H,23,25)/t13-/m1/s1. The molecule has 2 heterocycles. The number of hydrogen-bond acceptors (Lipinski definition) is 7. The van der Waals surface area contributed by atoms with Crippen molar-refractivity contribution in [3.8, 4) is 0 Å². The lowest BCUT2D eigenvalue weighted by Gasteiger charge is -2.13. The van der Waals surface area contributed by atoms with Gasteiger partial charge >= 0.3 is 5.97 Å². The number of amides is 1. The number of carbonyl (C=O) groups is 2. The predicted molar refractivity (Wildman–Crippen MR) is 113 cm³/mol. The first-order valence-corrected chi connectivity index (χ1v) is 10.6. The molecule has 1 atom stereocenters. The molecular weight excluding hydrogens is 394 g/mol. The van der Waals surface area contributed by atoms with Crippen molar-refractivity contribution in [1.29, 1.82) is 0 Å². The topological polar surface area (TPSA) is 81.2 Å². The fraction of sp³-hybridized carbons (Fsp3) is 0.300. The SMILES string of the molecule is Cc1ccc(NC(=O)[C@@H](C)OC(=O)CSc2ncnc3sc(C)c(C)c23)cc1. The summed E-state index contributed by atoms with van der Waals surface area (Å²) < 4.78 is 5.26. The molecule has 0 spiro atoms. The zero-order chi connectivity index (χ0) is 20.3. The molecule has 0 saturated heterocycles. The van der Waals surface area contributed by atoms with Crippen molar-refractivity contribution < 1.29 is 14.3 Å². The number of thiophene rings is 1. The Morgan fingerprint density at radius 3 is 2.61 bits per heavy atom. The van der Waals surface area contributed by atoms with Crippen LogP contribution in [0.25, 0.3) is 10.2 Å². The second-order valence-electron chi connectivity index (χ2n) is 6.42. The van der Waals surface area contributed by atoms with Gasteiger partial charge in [-0.15, -0.1) is 11.3 Å². The third kappa shape index (κ3) is 4.69. The maximum Gasteiger partial charge on any atom is 0.317 e. The zero-order valence-electron chi connectivity index (χ0n) is 16.1. The molecule has 146 valence electrons. The second kappa shape index (κ2) is 8.70. The summed E-state index contributed by atoms with van der Waals surface area (Å²) in [4.78, 5) is 35.1. The van der Waals surface area contributed by atoms with E-state index in [1.165, 1.54) is 23.0 Å². The predicted octanol–water partition coefficient (Wildman–Crippen LogP) is 4.28. The molecule has 2 aromatic heterocycles. The van der Waals surface area contributed by atoms with E-state index in [1.807, 2.05) is 45.0 Å². The van der Waals surface area contributed by atoms with Crippen LogP contribution in [0.2, 0.25) is 0 Å². The first kappa shape index (κ1) is 20.3. The molecular formula is C20H21N3O3S2. The van der Waals surface area contributed by atoms with Crippen LogP contribution in [0.4, 0.5) is 5.69 Å². The van der Waals surface area contributed by atoms with E-state index < -0.39 is 12.1 Å². The lowest BCUT2D eigenvalue weighted by Crippen LogP contribution is -2.30. The Kier molecular flexibility index (Phi) is 6.31. The largest absolute Gasteiger partial charge is 0.452 e. The van der Waals surface area contributed by atoms with Crippen molar-refractivity contribution in [1.82, 2.24) is 9.97 Å². The van der Waals surface area contributed by atoms with E-state index in [0.717, 1.165) is 26.4 Å². The lowest BCUT2D eigenvalue weighted by molar-refractivity contribution is -0.150. The Morgan fingerprint density at radius 1 is 1.18 bits per heavy atom. The van der Waals surface area contributed by atoms with Crippen molar-refractivity contribution in [2.75, 3.05) is 11.1 Å². The van der Waals surface area contributed by atoms with Gasteiger partial charge in [-0.1, -0.05) is 29.5 Å². The molecule has 0 unspecified atom stereocenters. The highest BCUT2D eigenvalue weighted by atomic mass is 32.2. The van der Waals surface area contributed by atoms with Gasteiger partial charge in [0.1, 0.15) is 16.2 Å². The number of nitrogens with one attached hydrogen (secondary N) is 1. The minimum Gasteiger partial charge on any atom is -0.452 e. The minimum absolute atomic E-state index is 0.0720. The highest BCUT2D eigenvalue weighted by Crippen LogP contribution is 2.34. The third-order valence-corrected chi connectivity index (χ3v) is 6.33. The molecule has 0 saturated carbocycles. The number of benzene rings is 1. The average Bonchev–Trinajstić information content (AvgIpc) is 2.96. The zero-order valence-corrected chi connectivity index (χ0v) is 17.7. The number of esters is 1. The number of rotatable bonds is 6. The average molecular weight is 416 g/mol. The van der Waals surface area contributed by atoms with E-state index in [9.17, 15) is 9.59 Å². The summed E-state index contributed by atoms with van der Waals surface area (Å²) in [6.07, 6.45) is 0.619. The van der Waals surface area contributed by atoms with Crippen molar-refractivity contribution in [2.45, 2.75) is 38.8 Å². The van der Waals surface area contributed by atoms with Crippen LogP contribution in [0.15, 0.2) is 35.6 Å². The Hall–Kier alpha value is -2.45. The second-order valence-corrected chi connectivity index (χ2v) is 8.59. The van der Waals surface area contributed by atoms with Crippen molar-refractivity contribution in [3.63, 3.8) is 0 Å². The van der Waals surface area contributed by atoms with Gasteiger partial charge in [0.25, 0.3) is 5.91 Å². The van der Waals surface area contributed by atoms with E-state index in [0.29, 0.717) is 5.69 Å². The van der Waals surface area contributed by atoms with Gasteiger partial charge in [-0.25, -0.2) is 9.97 Å². The molecule has 6 nitrogen and oxygen atoms in total. The summed E-state index contributed by atoms with van der Waals surface area (Å²) >= 11 is 2.90. The maximum absolute atomic E-state index is 12.2. The molecule has 0 radical (unpaired) electrons. The van der Waals surface area contributed by atoms with Crippen molar-refractivity contribution >= 4 is 50.9 Å². The molecule has 1 amide bonds. The summed E-state index contributed by atoms with van der Waals surface area (Å²) in [6, 6.07) is 7.42. The normalized spacial score (nSPS) is 12.0. The first-order chi connectivity index (χ1) is 13.3. The summed E-state index contributed by atoms with van der Waals surface area (Å²) in [7, 11) is 0. The van der Waals surface area contributed by atoms with Gasteiger partial charge in [0.15, 0.2) is 6.10 Å². The molecule has 1 aromatic carbocycles. The van der Waals surface area contributed by atoms with E-state index in [2.05, 4.69) is 15.3 Å². The van der Waals surface area contributed by atoms with Crippen molar-refractivity contribution in [3.05, 3.63) is 46.6 Å². The van der Waals surface area contributed by atoms with E-state index in [-0.39, 0.29) is 11.7 Å². The number of thioether (sulfide) groups is 1. The highest BCUT2D eigenvalue weighted by molar-refractivity contribution is 8.00. The molecule has 28 heavy (non-hydrogen) atoms. The summed E-state index contributed by atoms with van der Waals surface area (Å²) in [5.41, 5.74) is 2.89. The molecule has 0 aliphatic heterocycles.